The van der Waals surface area contributed by atoms with Crippen molar-refractivity contribution in [1.82, 2.24) is 0 Å². The van der Waals surface area contributed by atoms with Gasteiger partial charge in [-0.2, -0.15) is 0 Å². The first-order valence-corrected chi connectivity index (χ1v) is 9.98. The van der Waals surface area contributed by atoms with Gasteiger partial charge in [0, 0.05) is 0 Å². The van der Waals surface area contributed by atoms with Gasteiger partial charge in [0.1, 0.15) is 0 Å². The van der Waals surface area contributed by atoms with E-state index in [4.69, 9.17) is 0 Å². The van der Waals surface area contributed by atoms with Crippen LogP contribution in [0, 0.1) is 5.21 Å². The SMILES string of the molecule is [O-]/[N+](=C\c1ccccc1)C(C[Se]c1ccccc1)c1ccccc1. The molecule has 0 radical (unpaired) electrons. The van der Waals surface area contributed by atoms with Crippen LogP contribution in [0.4, 0.5) is 0 Å². The van der Waals surface area contributed by atoms with Crippen molar-refractivity contribution in [3.8, 4) is 0 Å². The van der Waals surface area contributed by atoms with Gasteiger partial charge in [-0.3, -0.25) is 0 Å². The van der Waals surface area contributed by atoms with Crippen LogP contribution in [0.25, 0.3) is 0 Å². The van der Waals surface area contributed by atoms with Gasteiger partial charge in [0.15, 0.2) is 0 Å². The molecule has 0 aliphatic carbocycles. The first kappa shape index (κ1) is 16.5. The third-order valence-corrected chi connectivity index (χ3v) is 6.00. The zero-order valence-corrected chi connectivity index (χ0v) is 15.0. The Bertz CT molecular complexity index is 773. The van der Waals surface area contributed by atoms with Crippen molar-refractivity contribution in [2.75, 3.05) is 0 Å². The predicted octanol–water partition coefficient (Wildman–Crippen LogP) is 3.81. The summed E-state index contributed by atoms with van der Waals surface area (Å²) in [5.74, 6) is 0. The third-order valence-electron chi connectivity index (χ3n) is 3.72. The van der Waals surface area contributed by atoms with Crippen LogP contribution in [0.3, 0.4) is 0 Å². The molecule has 0 saturated carbocycles. The summed E-state index contributed by atoms with van der Waals surface area (Å²) < 4.78 is 2.43. The van der Waals surface area contributed by atoms with Crippen LogP contribution in [0.1, 0.15) is 17.2 Å². The summed E-state index contributed by atoms with van der Waals surface area (Å²) in [6.45, 7) is 0. The van der Waals surface area contributed by atoms with Crippen molar-refractivity contribution in [2.45, 2.75) is 11.4 Å². The molecule has 0 amide bonds. The van der Waals surface area contributed by atoms with Crippen LogP contribution in [0.2, 0.25) is 5.32 Å². The fourth-order valence-electron chi connectivity index (χ4n) is 2.46. The molecule has 0 aromatic heterocycles. The Balaban J connectivity index is 1.83. The summed E-state index contributed by atoms with van der Waals surface area (Å²) in [6, 6.07) is 30.1. The van der Waals surface area contributed by atoms with Gasteiger partial charge in [-0.1, -0.05) is 0 Å². The second-order valence-corrected chi connectivity index (χ2v) is 7.74. The molecule has 120 valence electrons. The molecule has 2 nitrogen and oxygen atoms in total. The zero-order valence-electron chi connectivity index (χ0n) is 13.3. The summed E-state index contributed by atoms with van der Waals surface area (Å²) in [5.41, 5.74) is 2.00. The molecule has 1 unspecified atom stereocenters. The van der Waals surface area contributed by atoms with Gasteiger partial charge < -0.3 is 0 Å². The average Bonchev–Trinajstić information content (AvgIpc) is 2.64. The summed E-state index contributed by atoms with van der Waals surface area (Å²) in [7, 11) is 0. The first-order valence-electron chi connectivity index (χ1n) is 7.91. The molecule has 1 atom stereocenters. The van der Waals surface area contributed by atoms with E-state index >= 15 is 0 Å². The van der Waals surface area contributed by atoms with Crippen molar-refractivity contribution < 1.29 is 4.74 Å². The molecule has 0 spiro atoms. The molecular formula is C21H19NOSe. The molecule has 0 heterocycles. The number of hydroxylamine groups is 1. The molecule has 3 rings (SSSR count). The van der Waals surface area contributed by atoms with Crippen molar-refractivity contribution in [3.63, 3.8) is 0 Å². The van der Waals surface area contributed by atoms with Gasteiger partial charge in [0.25, 0.3) is 0 Å². The maximum atomic E-state index is 12.8. The van der Waals surface area contributed by atoms with E-state index in [9.17, 15) is 5.21 Å². The van der Waals surface area contributed by atoms with Gasteiger partial charge in [-0.15, -0.1) is 0 Å². The Morgan fingerprint density at radius 1 is 0.792 bits per heavy atom. The number of nitrogens with zero attached hydrogens (tertiary/aromatic N) is 1. The number of hydrogen-bond donors (Lipinski definition) is 0. The molecule has 0 bridgehead atoms. The topological polar surface area (TPSA) is 26.1 Å². The van der Waals surface area contributed by atoms with Crippen molar-refractivity contribution in [3.05, 3.63) is 107 Å². The van der Waals surface area contributed by atoms with E-state index in [1.54, 1.807) is 6.21 Å². The molecule has 3 heteroatoms. The Labute approximate surface area is 149 Å². The van der Waals surface area contributed by atoms with E-state index in [-0.39, 0.29) is 21.0 Å². The Kier molecular flexibility index (Phi) is 5.84. The van der Waals surface area contributed by atoms with Crippen LogP contribution in [0.5, 0.6) is 0 Å². The van der Waals surface area contributed by atoms with E-state index in [1.165, 1.54) is 4.46 Å². The van der Waals surface area contributed by atoms with Crippen molar-refractivity contribution >= 4 is 25.6 Å². The number of hydrogen-bond acceptors (Lipinski definition) is 1. The first-order chi connectivity index (χ1) is 11.8. The van der Waals surface area contributed by atoms with E-state index in [1.807, 2.05) is 66.7 Å². The molecule has 3 aromatic carbocycles. The summed E-state index contributed by atoms with van der Waals surface area (Å²) in [4.78, 5) is 0. The Hall–Kier alpha value is -2.35. The van der Waals surface area contributed by atoms with Gasteiger partial charge in [0.05, 0.1) is 0 Å². The molecule has 0 aliphatic heterocycles. The summed E-state index contributed by atoms with van der Waals surface area (Å²) >= 11 is 0.259. The minimum absolute atomic E-state index is 0.161. The standard InChI is InChI=1S/C21H19NOSe/c23-22(16-18-10-4-1-5-11-18)21(19-12-6-2-7-13-19)17-24-20-14-8-3-9-15-20/h1-16,21H,17H2/b22-16-. The Morgan fingerprint density at radius 3 is 1.96 bits per heavy atom. The summed E-state index contributed by atoms with van der Waals surface area (Å²) in [5, 5.41) is 13.6. The van der Waals surface area contributed by atoms with E-state index in [0.717, 1.165) is 21.2 Å². The normalized spacial score (nSPS) is 12.8. The quantitative estimate of drug-likeness (QED) is 0.210. The molecule has 24 heavy (non-hydrogen) atoms. The summed E-state index contributed by atoms with van der Waals surface area (Å²) in [6.07, 6.45) is 1.69. The predicted molar refractivity (Wildman–Crippen MR) is 101 cm³/mol. The maximum absolute atomic E-state index is 12.8. The van der Waals surface area contributed by atoms with Gasteiger partial charge >= 0.3 is 149 Å². The van der Waals surface area contributed by atoms with Crippen LogP contribution in [-0.4, -0.2) is 25.9 Å². The third kappa shape index (κ3) is 4.58. The molecule has 0 fully saturated rings. The second kappa shape index (κ2) is 8.49. The van der Waals surface area contributed by atoms with Crippen LogP contribution in [-0.2, 0) is 0 Å². The fourth-order valence-corrected chi connectivity index (χ4v) is 4.64. The number of rotatable bonds is 6. The van der Waals surface area contributed by atoms with Crippen molar-refractivity contribution in [1.29, 1.82) is 0 Å². The fraction of sp³-hybridized carbons (Fsp3) is 0.0952. The van der Waals surface area contributed by atoms with Gasteiger partial charge in [-0.05, 0) is 0 Å². The van der Waals surface area contributed by atoms with Gasteiger partial charge in [0.2, 0.25) is 0 Å². The molecular weight excluding hydrogens is 361 g/mol. The average molecular weight is 380 g/mol. The van der Waals surface area contributed by atoms with Crippen LogP contribution in [0.15, 0.2) is 91.0 Å². The minimum atomic E-state index is -0.161. The monoisotopic (exact) mass is 381 g/mol. The molecule has 3 aromatic rings. The molecule has 0 aliphatic rings. The van der Waals surface area contributed by atoms with Crippen LogP contribution >= 0.6 is 0 Å². The second-order valence-electron chi connectivity index (χ2n) is 5.45. The van der Waals surface area contributed by atoms with E-state index in [0.29, 0.717) is 0 Å². The van der Waals surface area contributed by atoms with Crippen LogP contribution < -0.4 is 4.46 Å². The van der Waals surface area contributed by atoms with Gasteiger partial charge in [-0.25, -0.2) is 0 Å². The Morgan fingerprint density at radius 2 is 1.33 bits per heavy atom. The molecule has 0 saturated heterocycles. The zero-order chi connectivity index (χ0) is 16.6. The molecule has 0 N–H and O–H groups in total. The number of benzene rings is 3. The van der Waals surface area contributed by atoms with E-state index < -0.39 is 0 Å². The van der Waals surface area contributed by atoms with Crippen molar-refractivity contribution in [2.24, 2.45) is 0 Å². The van der Waals surface area contributed by atoms with E-state index in [2.05, 4.69) is 24.3 Å².